The molecule has 5 rings (SSSR count). The van der Waals surface area contributed by atoms with Gasteiger partial charge >= 0.3 is 5.16 Å². The van der Waals surface area contributed by atoms with E-state index in [-0.39, 0.29) is 6.10 Å². The summed E-state index contributed by atoms with van der Waals surface area (Å²) in [5.74, 6) is 2.02. The number of nitrogens with zero attached hydrogens (tertiary/aromatic N) is 2. The number of ether oxygens (including phenoxy) is 1. The van der Waals surface area contributed by atoms with Crippen molar-refractivity contribution >= 4 is 55.9 Å². The van der Waals surface area contributed by atoms with E-state index in [9.17, 15) is 0 Å². The number of benzene rings is 1. The smallest absolute Gasteiger partial charge is 0.364 e. The van der Waals surface area contributed by atoms with Crippen LogP contribution in [-0.4, -0.2) is 15.5 Å². The van der Waals surface area contributed by atoms with Crippen molar-refractivity contribution in [1.82, 2.24) is 4.98 Å². The van der Waals surface area contributed by atoms with Gasteiger partial charge in [-0.25, -0.2) is 0 Å². The minimum atomic E-state index is 0.262. The van der Waals surface area contributed by atoms with Crippen molar-refractivity contribution in [2.45, 2.75) is 49.2 Å². The van der Waals surface area contributed by atoms with E-state index in [4.69, 9.17) is 9.72 Å². The molecule has 3 aromatic rings. The van der Waals surface area contributed by atoms with Gasteiger partial charge in [0.25, 0.3) is 5.88 Å². The van der Waals surface area contributed by atoms with Gasteiger partial charge in [0.2, 0.25) is 4.83 Å². The number of fused-ring (bicyclic) bond motifs is 5. The Hall–Kier alpha value is -0.860. The highest BCUT2D eigenvalue weighted by Crippen LogP contribution is 2.41. The topological polar surface area (TPSA) is 26.0 Å². The summed E-state index contributed by atoms with van der Waals surface area (Å²) in [6, 6.07) is 10.6. The molecule has 1 aromatic carbocycles. The van der Waals surface area contributed by atoms with Crippen LogP contribution in [-0.2, 0) is 25.1 Å². The number of aryl methyl sites for hydroxylation is 2. The Kier molecular flexibility index (Phi) is 4.83. The maximum atomic E-state index is 6.40. The first-order valence-corrected chi connectivity index (χ1v) is 12.4. The van der Waals surface area contributed by atoms with Gasteiger partial charge in [0.15, 0.2) is 0 Å². The highest BCUT2D eigenvalue weighted by molar-refractivity contribution is 14.1. The van der Waals surface area contributed by atoms with Crippen molar-refractivity contribution in [3.8, 4) is 5.88 Å². The number of hydrogen-bond acceptors (Lipinski definition) is 4. The molecule has 2 aliphatic rings. The predicted molar refractivity (Wildman–Crippen MR) is 116 cm³/mol. The predicted octanol–water partition coefficient (Wildman–Crippen LogP) is 4.95. The Morgan fingerprint density at radius 3 is 2.92 bits per heavy atom. The molecular formula is C20H20IN2OS2+. The summed E-state index contributed by atoms with van der Waals surface area (Å²) in [5.41, 5.74) is 2.85. The zero-order valence-electron chi connectivity index (χ0n) is 14.4. The standard InChI is InChI=1S/C20H20IN2OS2/c21-10-14-11-23-19(24-14)17-15-8-4-5-9-16(15)26-18(17)22-20(23)25-12-13-6-2-1-3-7-13/h1-3,6-7,14H,4-5,8-12H2/q+1. The molecule has 2 aromatic heterocycles. The van der Waals surface area contributed by atoms with Crippen molar-refractivity contribution in [3.63, 3.8) is 0 Å². The molecule has 0 radical (unpaired) electrons. The molecule has 26 heavy (non-hydrogen) atoms. The van der Waals surface area contributed by atoms with Gasteiger partial charge in [0.05, 0.1) is 0 Å². The number of halogens is 1. The monoisotopic (exact) mass is 495 g/mol. The fourth-order valence-electron chi connectivity index (χ4n) is 3.81. The van der Waals surface area contributed by atoms with Crippen LogP contribution in [0.2, 0.25) is 0 Å². The van der Waals surface area contributed by atoms with Crippen molar-refractivity contribution in [2.75, 3.05) is 4.43 Å². The van der Waals surface area contributed by atoms with E-state index in [2.05, 4.69) is 57.5 Å². The SMILES string of the molecule is ICC1C[n+]2c(SCc3ccccc3)nc3sc4c(c3c2O1)CCCC4. The second-order valence-electron chi connectivity index (χ2n) is 6.87. The summed E-state index contributed by atoms with van der Waals surface area (Å²) in [4.78, 5) is 7.81. The summed E-state index contributed by atoms with van der Waals surface area (Å²) in [7, 11) is 0. The molecule has 1 aliphatic heterocycles. The van der Waals surface area contributed by atoms with Crippen molar-refractivity contribution < 1.29 is 9.30 Å². The van der Waals surface area contributed by atoms with Crippen molar-refractivity contribution in [1.29, 1.82) is 0 Å². The molecule has 0 saturated heterocycles. The molecule has 0 fully saturated rings. The first-order valence-electron chi connectivity index (χ1n) is 9.11. The lowest BCUT2D eigenvalue weighted by molar-refractivity contribution is -0.721. The molecule has 0 amide bonds. The Morgan fingerprint density at radius 2 is 2.08 bits per heavy atom. The molecule has 1 aliphatic carbocycles. The largest absolute Gasteiger partial charge is 0.453 e. The highest BCUT2D eigenvalue weighted by atomic mass is 127. The van der Waals surface area contributed by atoms with Gasteiger partial charge in [0.1, 0.15) is 18.0 Å². The van der Waals surface area contributed by atoms with E-state index in [1.807, 2.05) is 23.1 Å². The summed E-state index contributed by atoms with van der Waals surface area (Å²) in [5, 5.41) is 2.41. The molecule has 0 N–H and O–H groups in total. The zero-order valence-corrected chi connectivity index (χ0v) is 18.2. The molecule has 3 nitrogen and oxygen atoms in total. The van der Waals surface area contributed by atoms with Crippen molar-refractivity contribution in [2.24, 2.45) is 0 Å². The Morgan fingerprint density at radius 1 is 1.23 bits per heavy atom. The number of alkyl halides is 1. The lowest BCUT2D eigenvalue weighted by Gasteiger charge is -2.10. The first-order chi connectivity index (χ1) is 12.8. The van der Waals surface area contributed by atoms with Crippen LogP contribution in [0.15, 0.2) is 35.5 Å². The highest BCUT2D eigenvalue weighted by Gasteiger charge is 2.37. The van der Waals surface area contributed by atoms with Crippen LogP contribution in [0.5, 0.6) is 5.88 Å². The molecule has 0 spiro atoms. The first kappa shape index (κ1) is 17.3. The van der Waals surface area contributed by atoms with Gasteiger partial charge in [0, 0.05) is 15.1 Å². The van der Waals surface area contributed by atoms with Crippen LogP contribution in [0.4, 0.5) is 0 Å². The van der Waals surface area contributed by atoms with Gasteiger partial charge in [-0.2, -0.15) is 4.57 Å². The molecule has 134 valence electrons. The minimum Gasteiger partial charge on any atom is -0.453 e. The average molecular weight is 495 g/mol. The molecule has 3 heterocycles. The van der Waals surface area contributed by atoms with E-state index in [0.717, 1.165) is 27.8 Å². The second kappa shape index (κ2) is 7.28. The lowest BCUT2D eigenvalue weighted by Crippen LogP contribution is -2.36. The van der Waals surface area contributed by atoms with Crippen LogP contribution in [0.1, 0.15) is 28.8 Å². The van der Waals surface area contributed by atoms with Crippen LogP contribution >= 0.6 is 45.7 Å². The number of rotatable bonds is 4. The molecule has 0 bridgehead atoms. The van der Waals surface area contributed by atoms with E-state index in [1.165, 1.54) is 51.9 Å². The van der Waals surface area contributed by atoms with Crippen LogP contribution in [0.25, 0.3) is 10.2 Å². The Bertz CT molecular complexity index is 958. The molecule has 0 saturated carbocycles. The van der Waals surface area contributed by atoms with Gasteiger partial charge in [-0.05, 0) is 53.6 Å². The summed E-state index contributed by atoms with van der Waals surface area (Å²) in [6.45, 7) is 0.920. The number of aromatic nitrogens is 2. The molecule has 1 atom stereocenters. The lowest BCUT2D eigenvalue weighted by atomic mass is 9.97. The third kappa shape index (κ3) is 3.03. The zero-order chi connectivity index (χ0) is 17.5. The van der Waals surface area contributed by atoms with Gasteiger partial charge in [-0.1, -0.05) is 64.3 Å². The van der Waals surface area contributed by atoms with E-state index >= 15 is 0 Å². The minimum absolute atomic E-state index is 0.262. The van der Waals surface area contributed by atoms with Crippen LogP contribution in [0, 0.1) is 0 Å². The summed E-state index contributed by atoms with van der Waals surface area (Å²) >= 11 is 6.15. The van der Waals surface area contributed by atoms with E-state index < -0.39 is 0 Å². The van der Waals surface area contributed by atoms with Crippen LogP contribution < -0.4 is 9.30 Å². The maximum absolute atomic E-state index is 6.40. The Balaban J connectivity index is 1.58. The maximum Gasteiger partial charge on any atom is 0.364 e. The van der Waals surface area contributed by atoms with Gasteiger partial charge in [-0.3, -0.25) is 0 Å². The summed E-state index contributed by atoms with van der Waals surface area (Å²) in [6.07, 6.45) is 5.25. The molecule has 6 heteroatoms. The van der Waals surface area contributed by atoms with Crippen LogP contribution in [0.3, 0.4) is 0 Å². The Labute approximate surface area is 175 Å². The number of thiophene rings is 1. The van der Waals surface area contributed by atoms with E-state index in [1.54, 1.807) is 0 Å². The van der Waals surface area contributed by atoms with E-state index in [0.29, 0.717) is 0 Å². The second-order valence-corrected chi connectivity index (χ2v) is 9.78. The van der Waals surface area contributed by atoms with Crippen molar-refractivity contribution in [3.05, 3.63) is 46.3 Å². The number of thioether (sulfide) groups is 1. The third-order valence-electron chi connectivity index (χ3n) is 5.09. The average Bonchev–Trinajstić information content (AvgIpc) is 3.27. The van der Waals surface area contributed by atoms with Gasteiger partial charge in [-0.15, -0.1) is 0 Å². The fraction of sp³-hybridized carbons (Fsp3) is 0.400. The molecular weight excluding hydrogens is 475 g/mol. The quantitative estimate of drug-likeness (QED) is 0.169. The third-order valence-corrected chi connectivity index (χ3v) is 8.30. The fourth-order valence-corrected chi connectivity index (χ4v) is 6.54. The summed E-state index contributed by atoms with van der Waals surface area (Å²) < 4.78 is 9.74. The normalized spacial score (nSPS) is 18.6. The van der Waals surface area contributed by atoms with Gasteiger partial charge < -0.3 is 4.74 Å². The molecule has 1 unspecified atom stereocenters. The number of hydrogen-bond donors (Lipinski definition) is 0.